The number of hydrogen-bond acceptors (Lipinski definition) is 4. The van der Waals surface area contributed by atoms with Gasteiger partial charge in [0, 0.05) is 25.5 Å². The average molecular weight is 287 g/mol. The molecule has 0 atom stereocenters. The first-order valence-electron chi connectivity index (χ1n) is 7.82. The Balaban J connectivity index is 1.91. The van der Waals surface area contributed by atoms with Gasteiger partial charge < -0.3 is 10.6 Å². The number of aromatic nitrogens is 3. The van der Waals surface area contributed by atoms with E-state index < -0.39 is 0 Å². The van der Waals surface area contributed by atoms with E-state index in [1.807, 2.05) is 16.9 Å². The summed E-state index contributed by atoms with van der Waals surface area (Å²) >= 11 is 0. The molecule has 21 heavy (non-hydrogen) atoms. The predicted molar refractivity (Wildman–Crippen MR) is 85.7 cm³/mol. The molecule has 0 spiro atoms. The molecule has 0 aromatic carbocycles. The van der Waals surface area contributed by atoms with Crippen LogP contribution in [-0.2, 0) is 0 Å². The van der Waals surface area contributed by atoms with Crippen LogP contribution in [0.2, 0.25) is 0 Å². The Kier molecular flexibility index (Phi) is 3.61. The average Bonchev–Trinajstić information content (AvgIpc) is 2.92. The fourth-order valence-electron chi connectivity index (χ4n) is 2.92. The zero-order valence-electron chi connectivity index (χ0n) is 13.2. The first-order valence-corrected chi connectivity index (χ1v) is 7.82. The van der Waals surface area contributed by atoms with Crippen LogP contribution in [-0.4, -0.2) is 34.2 Å². The summed E-state index contributed by atoms with van der Waals surface area (Å²) < 4.78 is 1.95. The molecule has 2 N–H and O–H groups in total. The number of rotatable bonds is 3. The Morgan fingerprint density at radius 3 is 2.67 bits per heavy atom. The third-order valence-corrected chi connectivity index (χ3v) is 4.74. The number of nitrogens with zero attached hydrogens (tertiary/aromatic N) is 4. The van der Waals surface area contributed by atoms with Crippen molar-refractivity contribution in [2.24, 2.45) is 11.1 Å². The summed E-state index contributed by atoms with van der Waals surface area (Å²) in [5.74, 6) is 1.48. The van der Waals surface area contributed by atoms with Gasteiger partial charge in [-0.2, -0.15) is 5.10 Å². The minimum atomic E-state index is 0.283. The fourth-order valence-corrected chi connectivity index (χ4v) is 2.92. The van der Waals surface area contributed by atoms with Crippen LogP contribution in [0.3, 0.4) is 0 Å². The molecule has 3 heterocycles. The molecule has 0 bridgehead atoms. The topological polar surface area (TPSA) is 59.5 Å². The van der Waals surface area contributed by atoms with Gasteiger partial charge in [0.15, 0.2) is 5.82 Å². The number of nitrogens with two attached hydrogens (primary N) is 1. The maximum absolute atomic E-state index is 5.90. The highest BCUT2D eigenvalue weighted by molar-refractivity contribution is 5.69. The van der Waals surface area contributed by atoms with Gasteiger partial charge >= 0.3 is 0 Å². The number of piperidine rings is 1. The van der Waals surface area contributed by atoms with Gasteiger partial charge in [0.05, 0.1) is 5.69 Å². The van der Waals surface area contributed by atoms with E-state index in [1.165, 1.54) is 0 Å². The molecule has 2 aromatic rings. The van der Waals surface area contributed by atoms with Crippen molar-refractivity contribution in [3.05, 3.63) is 24.2 Å². The zero-order valence-corrected chi connectivity index (χ0v) is 13.2. The summed E-state index contributed by atoms with van der Waals surface area (Å²) in [5.41, 5.74) is 8.41. The van der Waals surface area contributed by atoms with Gasteiger partial charge in [-0.15, -0.1) is 0 Å². The van der Waals surface area contributed by atoms with Gasteiger partial charge in [-0.3, -0.25) is 0 Å². The van der Waals surface area contributed by atoms with E-state index in [0.717, 1.165) is 49.5 Å². The van der Waals surface area contributed by atoms with E-state index in [0.29, 0.717) is 5.92 Å². The van der Waals surface area contributed by atoms with Gasteiger partial charge in [-0.1, -0.05) is 20.8 Å². The summed E-state index contributed by atoms with van der Waals surface area (Å²) in [6, 6.07) is 2.17. The van der Waals surface area contributed by atoms with Crippen molar-refractivity contribution in [1.82, 2.24) is 14.6 Å². The Morgan fingerprint density at radius 1 is 1.33 bits per heavy atom. The van der Waals surface area contributed by atoms with E-state index >= 15 is 0 Å². The minimum Gasteiger partial charge on any atom is -0.355 e. The van der Waals surface area contributed by atoms with Crippen molar-refractivity contribution in [3.63, 3.8) is 0 Å². The molecule has 3 rings (SSSR count). The highest BCUT2D eigenvalue weighted by Crippen LogP contribution is 2.33. The summed E-state index contributed by atoms with van der Waals surface area (Å²) in [6.45, 7) is 9.42. The second kappa shape index (κ2) is 5.30. The SMILES string of the molecule is CC(C)c1cc2c(N3CCC(C)(CN)CC3)nccn2n1. The van der Waals surface area contributed by atoms with Crippen LogP contribution in [0.4, 0.5) is 5.82 Å². The fraction of sp³-hybridized carbons (Fsp3) is 0.625. The van der Waals surface area contributed by atoms with Crippen molar-refractivity contribution in [1.29, 1.82) is 0 Å². The molecule has 0 unspecified atom stereocenters. The van der Waals surface area contributed by atoms with E-state index in [2.05, 4.69) is 41.8 Å². The molecule has 2 aromatic heterocycles. The normalized spacial score (nSPS) is 18.6. The lowest BCUT2D eigenvalue weighted by Crippen LogP contribution is -2.42. The van der Waals surface area contributed by atoms with Gasteiger partial charge in [0.2, 0.25) is 0 Å². The van der Waals surface area contributed by atoms with Crippen LogP contribution in [0.5, 0.6) is 0 Å². The highest BCUT2D eigenvalue weighted by atomic mass is 15.3. The largest absolute Gasteiger partial charge is 0.355 e. The molecule has 0 aliphatic carbocycles. The molecular weight excluding hydrogens is 262 g/mol. The first kappa shape index (κ1) is 14.3. The molecule has 1 saturated heterocycles. The Morgan fingerprint density at radius 2 is 2.05 bits per heavy atom. The van der Waals surface area contributed by atoms with Crippen molar-refractivity contribution in [2.45, 2.75) is 39.5 Å². The lowest BCUT2D eigenvalue weighted by Gasteiger charge is -2.39. The van der Waals surface area contributed by atoms with Gasteiger partial charge in [-0.25, -0.2) is 9.50 Å². The lowest BCUT2D eigenvalue weighted by atomic mass is 9.80. The van der Waals surface area contributed by atoms with Gasteiger partial charge in [0.25, 0.3) is 0 Å². The molecule has 1 fully saturated rings. The smallest absolute Gasteiger partial charge is 0.154 e. The van der Waals surface area contributed by atoms with Crippen LogP contribution in [0.1, 0.15) is 45.2 Å². The van der Waals surface area contributed by atoms with Crippen LogP contribution in [0.15, 0.2) is 18.5 Å². The molecule has 5 heteroatoms. The molecule has 5 nitrogen and oxygen atoms in total. The van der Waals surface area contributed by atoms with Crippen molar-refractivity contribution >= 4 is 11.3 Å². The summed E-state index contributed by atoms with van der Waals surface area (Å²) in [5, 5.41) is 4.64. The van der Waals surface area contributed by atoms with E-state index in [-0.39, 0.29) is 5.41 Å². The Labute approximate surface area is 126 Å². The van der Waals surface area contributed by atoms with E-state index in [1.54, 1.807) is 0 Å². The van der Waals surface area contributed by atoms with E-state index in [4.69, 9.17) is 5.73 Å². The van der Waals surface area contributed by atoms with Crippen LogP contribution in [0, 0.1) is 5.41 Å². The molecular formula is C16H25N5. The molecule has 1 aliphatic heterocycles. The highest BCUT2D eigenvalue weighted by Gasteiger charge is 2.30. The van der Waals surface area contributed by atoms with E-state index in [9.17, 15) is 0 Å². The second-order valence-corrected chi connectivity index (χ2v) is 6.81. The molecule has 0 saturated carbocycles. The van der Waals surface area contributed by atoms with Crippen molar-refractivity contribution < 1.29 is 0 Å². The molecule has 1 aliphatic rings. The van der Waals surface area contributed by atoms with Crippen molar-refractivity contribution in [3.8, 4) is 0 Å². The third kappa shape index (κ3) is 2.62. The monoisotopic (exact) mass is 287 g/mol. The number of hydrogen-bond donors (Lipinski definition) is 1. The third-order valence-electron chi connectivity index (χ3n) is 4.74. The quantitative estimate of drug-likeness (QED) is 0.942. The summed E-state index contributed by atoms with van der Waals surface area (Å²) in [7, 11) is 0. The van der Waals surface area contributed by atoms with Crippen LogP contribution < -0.4 is 10.6 Å². The molecule has 0 amide bonds. The Bertz CT molecular complexity index is 623. The standard InChI is InChI=1S/C16H25N5/c1-12(2)13-10-14-15(18-6-9-21(14)19-13)20-7-4-16(3,11-17)5-8-20/h6,9-10,12H,4-5,7-8,11,17H2,1-3H3. The maximum Gasteiger partial charge on any atom is 0.154 e. The predicted octanol–water partition coefficient (Wildman–Crippen LogP) is 2.42. The lowest BCUT2D eigenvalue weighted by molar-refractivity contribution is 0.258. The van der Waals surface area contributed by atoms with Gasteiger partial charge in [0.1, 0.15) is 5.52 Å². The van der Waals surface area contributed by atoms with Crippen LogP contribution >= 0.6 is 0 Å². The first-order chi connectivity index (χ1) is 10.0. The molecule has 0 radical (unpaired) electrons. The maximum atomic E-state index is 5.90. The van der Waals surface area contributed by atoms with Crippen molar-refractivity contribution in [2.75, 3.05) is 24.5 Å². The Hall–Kier alpha value is -1.62. The number of anilines is 1. The van der Waals surface area contributed by atoms with Crippen LogP contribution in [0.25, 0.3) is 5.52 Å². The second-order valence-electron chi connectivity index (χ2n) is 6.81. The minimum absolute atomic E-state index is 0.283. The summed E-state index contributed by atoms with van der Waals surface area (Å²) in [4.78, 5) is 6.98. The zero-order chi connectivity index (χ0) is 15.0. The van der Waals surface area contributed by atoms with Gasteiger partial charge in [-0.05, 0) is 36.8 Å². The molecule has 114 valence electrons. The number of fused-ring (bicyclic) bond motifs is 1. The summed E-state index contributed by atoms with van der Waals surface area (Å²) in [6.07, 6.45) is 6.02.